The third-order valence-electron chi connectivity index (χ3n) is 2.54. The van der Waals surface area contributed by atoms with Crippen molar-refractivity contribution in [2.75, 3.05) is 0 Å². The lowest BCUT2D eigenvalue weighted by molar-refractivity contribution is 0.0685. The van der Waals surface area contributed by atoms with E-state index in [1.807, 2.05) is 11.8 Å². The van der Waals surface area contributed by atoms with Crippen molar-refractivity contribution in [3.05, 3.63) is 17.5 Å². The fraction of sp³-hybridized carbons (Fsp3) is 0.600. The van der Waals surface area contributed by atoms with Crippen molar-refractivity contribution < 1.29 is 14.4 Å². The maximum absolute atomic E-state index is 10.5. The minimum Gasteiger partial charge on any atom is -0.476 e. The molecule has 0 aromatic carbocycles. The molecule has 1 aliphatic rings. The number of carbonyl (C=O) groups is 1. The van der Waals surface area contributed by atoms with Crippen molar-refractivity contribution in [2.45, 2.75) is 36.7 Å². The normalized spacial score (nSPS) is 17.1. The van der Waals surface area contributed by atoms with Gasteiger partial charge in [0.15, 0.2) is 5.69 Å². The van der Waals surface area contributed by atoms with Gasteiger partial charge in [-0.2, -0.15) is 11.8 Å². The second-order valence-electron chi connectivity index (χ2n) is 3.70. The van der Waals surface area contributed by atoms with E-state index in [1.165, 1.54) is 31.7 Å². The van der Waals surface area contributed by atoms with E-state index >= 15 is 0 Å². The van der Waals surface area contributed by atoms with Crippen LogP contribution >= 0.6 is 11.8 Å². The van der Waals surface area contributed by atoms with Gasteiger partial charge in [-0.3, -0.25) is 0 Å². The van der Waals surface area contributed by atoms with E-state index in [4.69, 9.17) is 9.63 Å². The van der Waals surface area contributed by atoms with E-state index < -0.39 is 5.97 Å². The van der Waals surface area contributed by atoms with Crippen LogP contribution in [0.4, 0.5) is 0 Å². The molecule has 0 spiro atoms. The Kier molecular flexibility index (Phi) is 3.30. The SMILES string of the molecule is O=C(O)c1cc(CSC2CCCC2)on1. The van der Waals surface area contributed by atoms with E-state index in [-0.39, 0.29) is 5.69 Å². The van der Waals surface area contributed by atoms with Crippen LogP contribution in [0.5, 0.6) is 0 Å². The molecule has 1 saturated carbocycles. The predicted molar refractivity (Wildman–Crippen MR) is 57.0 cm³/mol. The molecule has 0 aliphatic heterocycles. The minimum atomic E-state index is -1.03. The lowest BCUT2D eigenvalue weighted by Crippen LogP contribution is -1.95. The van der Waals surface area contributed by atoms with Gasteiger partial charge in [-0.25, -0.2) is 4.79 Å². The average Bonchev–Trinajstić information content (AvgIpc) is 2.86. The molecule has 2 rings (SSSR count). The zero-order valence-electron chi connectivity index (χ0n) is 8.31. The Bertz CT molecular complexity index is 344. The molecule has 0 radical (unpaired) electrons. The summed E-state index contributed by atoms with van der Waals surface area (Å²) in [5.41, 5.74) is -0.00276. The third kappa shape index (κ3) is 2.75. The Morgan fingerprint density at radius 1 is 1.60 bits per heavy atom. The molecule has 0 amide bonds. The van der Waals surface area contributed by atoms with Gasteiger partial charge in [0.25, 0.3) is 0 Å². The Balaban J connectivity index is 1.84. The lowest BCUT2D eigenvalue weighted by Gasteiger charge is -2.05. The molecular weight excluding hydrogens is 214 g/mol. The Morgan fingerprint density at radius 3 is 2.93 bits per heavy atom. The molecule has 1 aliphatic carbocycles. The second kappa shape index (κ2) is 4.70. The fourth-order valence-corrected chi connectivity index (χ4v) is 2.94. The molecule has 4 nitrogen and oxygen atoms in total. The van der Waals surface area contributed by atoms with E-state index in [1.54, 1.807) is 0 Å². The van der Waals surface area contributed by atoms with Crippen molar-refractivity contribution in [1.29, 1.82) is 0 Å². The van der Waals surface area contributed by atoms with E-state index in [9.17, 15) is 4.79 Å². The number of carboxylic acid groups (broad SMARTS) is 1. The maximum Gasteiger partial charge on any atom is 0.358 e. The van der Waals surface area contributed by atoms with Crippen LogP contribution in [0.1, 0.15) is 41.9 Å². The standard InChI is InChI=1S/C10H13NO3S/c12-10(13)9-5-7(14-11-9)6-15-8-3-1-2-4-8/h5,8H,1-4,6H2,(H,12,13). The highest BCUT2D eigenvalue weighted by Crippen LogP contribution is 2.31. The third-order valence-corrected chi connectivity index (χ3v) is 3.94. The lowest BCUT2D eigenvalue weighted by atomic mass is 10.4. The number of aromatic carboxylic acids is 1. The number of carboxylic acids is 1. The molecule has 1 heterocycles. The monoisotopic (exact) mass is 227 g/mol. The Hall–Kier alpha value is -0.970. The first-order valence-electron chi connectivity index (χ1n) is 5.06. The summed E-state index contributed by atoms with van der Waals surface area (Å²) in [6.07, 6.45) is 5.16. The van der Waals surface area contributed by atoms with Gasteiger partial charge in [0.1, 0.15) is 5.76 Å². The van der Waals surface area contributed by atoms with E-state index in [2.05, 4.69) is 5.16 Å². The summed E-state index contributed by atoms with van der Waals surface area (Å²) in [5.74, 6) is 0.352. The second-order valence-corrected chi connectivity index (χ2v) is 4.99. The molecule has 1 fully saturated rings. The summed E-state index contributed by atoms with van der Waals surface area (Å²) < 4.78 is 4.93. The van der Waals surface area contributed by atoms with Gasteiger partial charge in [-0.15, -0.1) is 0 Å². The van der Waals surface area contributed by atoms with Crippen molar-refractivity contribution in [2.24, 2.45) is 0 Å². The molecule has 0 saturated heterocycles. The van der Waals surface area contributed by atoms with Gasteiger partial charge in [0.05, 0.1) is 5.75 Å². The van der Waals surface area contributed by atoms with Crippen LogP contribution in [0.3, 0.4) is 0 Å². The van der Waals surface area contributed by atoms with Crippen LogP contribution in [0.2, 0.25) is 0 Å². The van der Waals surface area contributed by atoms with Gasteiger partial charge in [0, 0.05) is 11.3 Å². The van der Waals surface area contributed by atoms with Gasteiger partial charge in [-0.05, 0) is 12.8 Å². The highest BCUT2D eigenvalue weighted by atomic mass is 32.2. The molecule has 5 heteroatoms. The first kappa shape index (κ1) is 10.5. The zero-order valence-corrected chi connectivity index (χ0v) is 9.13. The van der Waals surface area contributed by atoms with Gasteiger partial charge in [-0.1, -0.05) is 18.0 Å². The Morgan fingerprint density at radius 2 is 2.33 bits per heavy atom. The van der Waals surface area contributed by atoms with Crippen molar-refractivity contribution in [3.8, 4) is 0 Å². The van der Waals surface area contributed by atoms with Gasteiger partial charge >= 0.3 is 5.97 Å². The van der Waals surface area contributed by atoms with Gasteiger partial charge in [0.2, 0.25) is 0 Å². The molecule has 1 aromatic rings. The summed E-state index contributed by atoms with van der Waals surface area (Å²) in [5, 5.41) is 12.8. The van der Waals surface area contributed by atoms with Crippen molar-refractivity contribution >= 4 is 17.7 Å². The topological polar surface area (TPSA) is 63.3 Å². The molecule has 0 atom stereocenters. The molecule has 0 bridgehead atoms. The van der Waals surface area contributed by atoms with Gasteiger partial charge < -0.3 is 9.63 Å². The van der Waals surface area contributed by atoms with Crippen molar-refractivity contribution in [1.82, 2.24) is 5.16 Å². The highest BCUT2D eigenvalue weighted by molar-refractivity contribution is 7.99. The number of rotatable bonds is 4. The molecule has 0 unspecified atom stereocenters. The van der Waals surface area contributed by atoms with Crippen LogP contribution < -0.4 is 0 Å². The average molecular weight is 227 g/mol. The van der Waals surface area contributed by atoms with Crippen LogP contribution in [-0.4, -0.2) is 21.5 Å². The first-order valence-corrected chi connectivity index (χ1v) is 6.11. The zero-order chi connectivity index (χ0) is 10.7. The summed E-state index contributed by atoms with van der Waals surface area (Å²) in [6, 6.07) is 1.50. The summed E-state index contributed by atoms with van der Waals surface area (Å²) >= 11 is 1.84. The fourth-order valence-electron chi connectivity index (χ4n) is 1.74. The quantitative estimate of drug-likeness (QED) is 0.856. The van der Waals surface area contributed by atoms with Crippen LogP contribution in [0.15, 0.2) is 10.6 Å². The van der Waals surface area contributed by atoms with Crippen LogP contribution in [-0.2, 0) is 5.75 Å². The van der Waals surface area contributed by atoms with E-state index in [0.717, 1.165) is 5.75 Å². The molecular formula is C10H13NO3S. The highest BCUT2D eigenvalue weighted by Gasteiger charge is 2.17. The predicted octanol–water partition coefficient (Wildman–Crippen LogP) is 2.55. The Labute approximate surface area is 92.0 Å². The summed E-state index contributed by atoms with van der Waals surface area (Å²) in [6.45, 7) is 0. The van der Waals surface area contributed by atoms with Crippen LogP contribution in [0, 0.1) is 0 Å². The number of aromatic nitrogens is 1. The number of hydrogen-bond acceptors (Lipinski definition) is 4. The molecule has 82 valence electrons. The first-order chi connectivity index (χ1) is 7.25. The van der Waals surface area contributed by atoms with Crippen molar-refractivity contribution in [3.63, 3.8) is 0 Å². The molecule has 15 heavy (non-hydrogen) atoms. The molecule has 1 N–H and O–H groups in total. The number of hydrogen-bond donors (Lipinski definition) is 1. The number of nitrogens with zero attached hydrogens (tertiary/aromatic N) is 1. The molecule has 1 aromatic heterocycles. The number of thioether (sulfide) groups is 1. The van der Waals surface area contributed by atoms with E-state index in [0.29, 0.717) is 11.0 Å². The largest absolute Gasteiger partial charge is 0.476 e. The minimum absolute atomic E-state index is 0.00276. The smallest absolute Gasteiger partial charge is 0.358 e. The van der Waals surface area contributed by atoms with Crippen LogP contribution in [0.25, 0.3) is 0 Å². The maximum atomic E-state index is 10.5. The summed E-state index contributed by atoms with van der Waals surface area (Å²) in [4.78, 5) is 10.5. The summed E-state index contributed by atoms with van der Waals surface area (Å²) in [7, 11) is 0.